The zero-order valence-corrected chi connectivity index (χ0v) is 23.9. The molecule has 4 aromatic rings. The average molecular weight is 610 g/mol. The fraction of sp³-hybridized carbons (Fsp3) is 0.167. The third-order valence-electron chi connectivity index (χ3n) is 5.69. The van der Waals surface area contributed by atoms with E-state index >= 15 is 0 Å². The fourth-order valence-electron chi connectivity index (χ4n) is 3.81. The number of benzene rings is 4. The molecule has 40 heavy (non-hydrogen) atoms. The lowest BCUT2D eigenvalue weighted by Gasteiger charge is -2.14. The summed E-state index contributed by atoms with van der Waals surface area (Å²) in [6.07, 6.45) is 0. The van der Waals surface area contributed by atoms with E-state index in [4.69, 9.17) is 12.7 Å². The number of nitrogens with one attached hydrogen (secondary N) is 1. The van der Waals surface area contributed by atoms with Gasteiger partial charge in [0.15, 0.2) is 5.75 Å². The van der Waals surface area contributed by atoms with Crippen LogP contribution < -0.4 is 5.32 Å². The van der Waals surface area contributed by atoms with E-state index in [1.807, 2.05) is 0 Å². The van der Waals surface area contributed by atoms with Crippen LogP contribution in [0.4, 0.5) is 17.1 Å². The van der Waals surface area contributed by atoms with Gasteiger partial charge in [0.25, 0.3) is 20.2 Å². The number of fused-ring (bicyclic) bond motifs is 2. The molecule has 4 rings (SSSR count). The maximum absolute atomic E-state index is 12.9. The standard InChI is InChI=1S/C24H23N3O10S3/c1-25-15-10-18-19(21(12-15)39(29,30)34-3)11-16(13-22(18)40(31,32)35-4)26-27-23-20(38-37-36-33-2)9-14-7-5-6-8-17(14)24(23)28/h5-13,25,28H,1-4H3. The highest BCUT2D eigenvalue weighted by atomic mass is 32.2. The van der Waals surface area contributed by atoms with Gasteiger partial charge < -0.3 is 10.4 Å². The van der Waals surface area contributed by atoms with Crippen molar-refractivity contribution < 1.29 is 44.6 Å². The van der Waals surface area contributed by atoms with Gasteiger partial charge in [-0.1, -0.05) is 29.3 Å². The second-order valence-electron chi connectivity index (χ2n) is 7.88. The molecule has 0 aromatic heterocycles. The van der Waals surface area contributed by atoms with E-state index in [2.05, 4.69) is 25.5 Å². The summed E-state index contributed by atoms with van der Waals surface area (Å²) in [5.74, 6) is -0.239. The van der Waals surface area contributed by atoms with E-state index in [0.29, 0.717) is 28.5 Å². The van der Waals surface area contributed by atoms with Crippen molar-refractivity contribution in [3.63, 3.8) is 0 Å². The Morgan fingerprint density at radius 1 is 0.825 bits per heavy atom. The number of aromatic hydroxyl groups is 1. The number of azo groups is 1. The molecule has 13 nitrogen and oxygen atoms in total. The van der Waals surface area contributed by atoms with Crippen molar-refractivity contribution in [1.82, 2.24) is 0 Å². The van der Waals surface area contributed by atoms with Crippen molar-refractivity contribution in [3.8, 4) is 5.75 Å². The molecule has 0 aliphatic rings. The summed E-state index contributed by atoms with van der Waals surface area (Å²) in [6.45, 7) is 0. The first-order chi connectivity index (χ1) is 19.1. The summed E-state index contributed by atoms with van der Waals surface area (Å²) >= 11 is 0.683. The molecule has 0 saturated heterocycles. The van der Waals surface area contributed by atoms with E-state index in [0.717, 1.165) is 14.2 Å². The summed E-state index contributed by atoms with van der Waals surface area (Å²) in [5.41, 5.74) is 0.214. The van der Waals surface area contributed by atoms with Crippen molar-refractivity contribution >= 4 is 70.9 Å². The fourth-order valence-corrected chi connectivity index (χ4v) is 6.13. The van der Waals surface area contributed by atoms with Crippen LogP contribution in [-0.2, 0) is 42.9 Å². The summed E-state index contributed by atoms with van der Waals surface area (Å²) in [7, 11) is -3.90. The van der Waals surface area contributed by atoms with E-state index < -0.39 is 20.2 Å². The monoisotopic (exact) mass is 609 g/mol. The van der Waals surface area contributed by atoms with Crippen molar-refractivity contribution in [2.24, 2.45) is 10.2 Å². The van der Waals surface area contributed by atoms with E-state index in [9.17, 15) is 21.9 Å². The number of phenolic OH excluding ortho intramolecular Hbond substituents is 1. The van der Waals surface area contributed by atoms with Crippen LogP contribution in [0.25, 0.3) is 21.5 Å². The molecular weight excluding hydrogens is 586 g/mol. The Balaban J connectivity index is 1.98. The second-order valence-corrected chi connectivity index (χ2v) is 12.0. The van der Waals surface area contributed by atoms with E-state index in [1.165, 1.54) is 31.4 Å². The number of hydrogen-bond acceptors (Lipinski definition) is 14. The maximum atomic E-state index is 12.9. The molecule has 0 bridgehead atoms. The quantitative estimate of drug-likeness (QED) is 0.0559. The molecule has 4 aromatic carbocycles. The van der Waals surface area contributed by atoms with Gasteiger partial charge in [0.2, 0.25) is 0 Å². The van der Waals surface area contributed by atoms with Crippen LogP contribution in [0.2, 0.25) is 0 Å². The molecule has 0 radical (unpaired) electrons. The molecule has 0 atom stereocenters. The smallest absolute Gasteiger partial charge is 0.297 e. The molecule has 0 fully saturated rings. The summed E-state index contributed by atoms with van der Waals surface area (Å²) < 4.78 is 65.7. The number of rotatable bonds is 11. The molecule has 0 aliphatic carbocycles. The van der Waals surface area contributed by atoms with Crippen LogP contribution in [-0.4, -0.2) is 50.3 Å². The predicted molar refractivity (Wildman–Crippen MR) is 147 cm³/mol. The minimum absolute atomic E-state index is 0.0120. The van der Waals surface area contributed by atoms with E-state index in [-0.39, 0.29) is 42.6 Å². The normalized spacial score (nSPS) is 12.5. The minimum atomic E-state index is -4.35. The van der Waals surface area contributed by atoms with Gasteiger partial charge in [0, 0.05) is 28.9 Å². The molecule has 0 saturated carbocycles. The molecule has 0 heterocycles. The van der Waals surface area contributed by atoms with Crippen LogP contribution in [0, 0.1) is 0 Å². The van der Waals surface area contributed by atoms with Crippen molar-refractivity contribution in [3.05, 3.63) is 54.6 Å². The van der Waals surface area contributed by atoms with Crippen LogP contribution in [0.15, 0.2) is 79.5 Å². The van der Waals surface area contributed by atoms with Gasteiger partial charge in [-0.3, -0.25) is 8.37 Å². The molecule has 0 amide bonds. The van der Waals surface area contributed by atoms with E-state index in [1.54, 1.807) is 37.4 Å². The molecule has 0 spiro atoms. The SMILES string of the molecule is CNc1cc(S(=O)(=O)OC)c2cc(N=Nc3c(SOOOC)cc4ccccc4c3O)cc(S(=O)(=O)OC)c2c1. The van der Waals surface area contributed by atoms with Gasteiger partial charge in [-0.05, 0) is 35.7 Å². The number of nitrogens with zero attached hydrogens (tertiary/aromatic N) is 2. The lowest BCUT2D eigenvalue weighted by molar-refractivity contribution is -0.447. The maximum Gasteiger partial charge on any atom is 0.297 e. The zero-order valence-electron chi connectivity index (χ0n) is 21.4. The average Bonchev–Trinajstić information content (AvgIpc) is 2.96. The topological polar surface area (TPSA) is 171 Å². The number of anilines is 1. The minimum Gasteiger partial charge on any atom is -0.505 e. The van der Waals surface area contributed by atoms with Crippen molar-refractivity contribution in [2.75, 3.05) is 33.7 Å². The zero-order chi connectivity index (χ0) is 29.1. The third-order valence-corrected chi connectivity index (χ3v) is 8.94. The van der Waals surface area contributed by atoms with Gasteiger partial charge in [-0.15, -0.1) is 9.45 Å². The van der Waals surface area contributed by atoms with Crippen LogP contribution in [0.1, 0.15) is 0 Å². The Hall–Kier alpha value is -3.35. The first-order valence-corrected chi connectivity index (χ1v) is 14.7. The second kappa shape index (κ2) is 12.0. The molecule has 2 N–H and O–H groups in total. The number of phenols is 1. The Bertz CT molecular complexity index is 1830. The molecular formula is C24H23N3O10S3. The summed E-state index contributed by atoms with van der Waals surface area (Å²) in [6, 6.07) is 13.8. The highest BCUT2D eigenvalue weighted by Crippen LogP contribution is 2.44. The van der Waals surface area contributed by atoms with Gasteiger partial charge in [0.1, 0.15) is 15.5 Å². The van der Waals surface area contributed by atoms with Crippen LogP contribution in [0.5, 0.6) is 5.75 Å². The van der Waals surface area contributed by atoms with Gasteiger partial charge in [-0.25, -0.2) is 4.89 Å². The van der Waals surface area contributed by atoms with Crippen LogP contribution >= 0.6 is 12.0 Å². The highest BCUT2D eigenvalue weighted by Gasteiger charge is 2.25. The lowest BCUT2D eigenvalue weighted by Crippen LogP contribution is -2.08. The molecule has 212 valence electrons. The highest BCUT2D eigenvalue weighted by molar-refractivity contribution is 7.94. The van der Waals surface area contributed by atoms with Crippen LogP contribution in [0.3, 0.4) is 0 Å². The van der Waals surface area contributed by atoms with Gasteiger partial charge in [0.05, 0.1) is 44.0 Å². The first-order valence-electron chi connectivity index (χ1n) is 11.2. The summed E-state index contributed by atoms with van der Waals surface area (Å²) in [5, 5.41) is 27.7. The Kier molecular flexibility index (Phi) is 8.91. The predicted octanol–water partition coefficient (Wildman–Crippen LogP) is 5.34. The molecule has 0 unspecified atom stereocenters. The lowest BCUT2D eigenvalue weighted by atomic mass is 10.1. The molecule has 0 aliphatic heterocycles. The first kappa shape index (κ1) is 29.6. The number of hydrogen-bond donors (Lipinski definition) is 2. The van der Waals surface area contributed by atoms with Gasteiger partial charge in [-0.2, -0.15) is 21.9 Å². The van der Waals surface area contributed by atoms with Gasteiger partial charge >= 0.3 is 0 Å². The Morgan fingerprint density at radius 3 is 2.12 bits per heavy atom. The van der Waals surface area contributed by atoms with Crippen molar-refractivity contribution in [2.45, 2.75) is 14.7 Å². The Labute approximate surface area is 234 Å². The summed E-state index contributed by atoms with van der Waals surface area (Å²) in [4.78, 5) is 4.03. The Morgan fingerprint density at radius 2 is 1.48 bits per heavy atom. The third kappa shape index (κ3) is 5.89. The van der Waals surface area contributed by atoms with Crippen molar-refractivity contribution in [1.29, 1.82) is 0 Å². The molecule has 16 heteroatoms. The largest absolute Gasteiger partial charge is 0.505 e.